The second-order valence-electron chi connectivity index (χ2n) is 3.11. The van der Waals surface area contributed by atoms with Crippen molar-refractivity contribution in [1.82, 2.24) is 19.9 Å². The molecule has 2 aromatic heterocycles. The summed E-state index contributed by atoms with van der Waals surface area (Å²) in [6.45, 7) is 4.13. The largest absolute Gasteiger partial charge is 0.316 e. The van der Waals surface area contributed by atoms with Crippen LogP contribution in [0.5, 0.6) is 0 Å². The normalized spacial score (nSPS) is 11.0. The van der Waals surface area contributed by atoms with Gasteiger partial charge >= 0.3 is 0 Å². The van der Waals surface area contributed by atoms with E-state index in [-0.39, 0.29) is 0 Å². The van der Waals surface area contributed by atoms with Crippen LogP contribution in [-0.4, -0.2) is 33.4 Å². The van der Waals surface area contributed by atoms with Gasteiger partial charge < -0.3 is 5.32 Å². The van der Waals surface area contributed by atoms with Gasteiger partial charge in [0.15, 0.2) is 10.8 Å². The lowest BCUT2D eigenvalue weighted by Crippen LogP contribution is -2.15. The number of rotatable bonds is 5. The molecule has 0 amide bonds. The van der Waals surface area contributed by atoms with Crippen LogP contribution < -0.4 is 5.32 Å². The summed E-state index contributed by atoms with van der Waals surface area (Å²) >= 11 is 1.72. The molecule has 0 aromatic carbocycles. The molecule has 0 radical (unpaired) electrons. The molecule has 0 saturated carbocycles. The Bertz CT molecular complexity index is 426. The monoisotopic (exact) mass is 222 g/mol. The van der Waals surface area contributed by atoms with Gasteiger partial charge in [-0.3, -0.25) is 4.40 Å². The highest BCUT2D eigenvalue weighted by molar-refractivity contribution is 7.99. The third-order valence-electron chi connectivity index (χ3n) is 2.04. The molecule has 5 heteroatoms. The van der Waals surface area contributed by atoms with E-state index in [1.807, 2.05) is 28.8 Å². The number of pyridine rings is 1. The SMILES string of the molecule is CCNCCSc1nnc2ccccn12. The van der Waals surface area contributed by atoms with Crippen LogP contribution in [0, 0.1) is 0 Å². The summed E-state index contributed by atoms with van der Waals surface area (Å²) in [4.78, 5) is 0. The Balaban J connectivity index is 2.02. The number of aromatic nitrogens is 3. The van der Waals surface area contributed by atoms with Gasteiger partial charge in [0, 0.05) is 18.5 Å². The Kier molecular flexibility index (Phi) is 3.58. The Morgan fingerprint density at radius 1 is 1.40 bits per heavy atom. The highest BCUT2D eigenvalue weighted by Gasteiger charge is 2.03. The van der Waals surface area contributed by atoms with Crippen molar-refractivity contribution in [2.24, 2.45) is 0 Å². The van der Waals surface area contributed by atoms with Gasteiger partial charge in [-0.05, 0) is 18.7 Å². The second kappa shape index (κ2) is 5.14. The smallest absolute Gasteiger partial charge is 0.195 e. The van der Waals surface area contributed by atoms with Gasteiger partial charge in [0.1, 0.15) is 0 Å². The number of nitrogens with zero attached hydrogens (tertiary/aromatic N) is 3. The van der Waals surface area contributed by atoms with Crippen molar-refractivity contribution < 1.29 is 0 Å². The van der Waals surface area contributed by atoms with Crippen LogP contribution in [0.2, 0.25) is 0 Å². The summed E-state index contributed by atoms with van der Waals surface area (Å²) in [5.74, 6) is 1.02. The molecule has 0 aliphatic rings. The summed E-state index contributed by atoms with van der Waals surface area (Å²) in [7, 11) is 0. The third kappa shape index (κ3) is 2.49. The van der Waals surface area contributed by atoms with E-state index in [0.717, 1.165) is 29.6 Å². The maximum Gasteiger partial charge on any atom is 0.195 e. The van der Waals surface area contributed by atoms with E-state index >= 15 is 0 Å². The minimum absolute atomic E-state index is 0.906. The summed E-state index contributed by atoms with van der Waals surface area (Å²) in [5.41, 5.74) is 0.906. The van der Waals surface area contributed by atoms with Crippen molar-refractivity contribution in [3.8, 4) is 0 Å². The molecular formula is C10H14N4S. The van der Waals surface area contributed by atoms with E-state index < -0.39 is 0 Å². The van der Waals surface area contributed by atoms with Crippen molar-refractivity contribution in [3.05, 3.63) is 24.4 Å². The first-order chi connectivity index (χ1) is 7.42. The van der Waals surface area contributed by atoms with Gasteiger partial charge in [-0.15, -0.1) is 10.2 Å². The topological polar surface area (TPSA) is 42.2 Å². The minimum atomic E-state index is 0.906. The van der Waals surface area contributed by atoms with Crippen molar-refractivity contribution in [2.75, 3.05) is 18.8 Å². The zero-order chi connectivity index (χ0) is 10.5. The molecule has 0 spiro atoms. The fraction of sp³-hybridized carbons (Fsp3) is 0.400. The van der Waals surface area contributed by atoms with Crippen molar-refractivity contribution in [3.63, 3.8) is 0 Å². The lowest BCUT2D eigenvalue weighted by atomic mass is 10.5. The van der Waals surface area contributed by atoms with E-state index in [1.165, 1.54) is 0 Å². The van der Waals surface area contributed by atoms with E-state index in [1.54, 1.807) is 11.8 Å². The fourth-order valence-corrected chi connectivity index (χ4v) is 2.13. The molecule has 2 heterocycles. The molecule has 0 bridgehead atoms. The summed E-state index contributed by atoms with van der Waals surface area (Å²) in [6.07, 6.45) is 1.99. The highest BCUT2D eigenvalue weighted by Crippen LogP contribution is 2.15. The van der Waals surface area contributed by atoms with Crippen LogP contribution in [0.15, 0.2) is 29.6 Å². The standard InChI is InChI=1S/C10H14N4S/c1-2-11-6-8-15-10-13-12-9-5-3-4-7-14(9)10/h3-5,7,11H,2,6,8H2,1H3. The fourth-order valence-electron chi connectivity index (χ4n) is 1.31. The van der Waals surface area contributed by atoms with Gasteiger partial charge in [0.05, 0.1) is 0 Å². The van der Waals surface area contributed by atoms with Crippen molar-refractivity contribution in [1.29, 1.82) is 0 Å². The molecule has 2 rings (SSSR count). The van der Waals surface area contributed by atoms with E-state index in [0.29, 0.717) is 0 Å². The lowest BCUT2D eigenvalue weighted by molar-refractivity contribution is 0.766. The number of fused-ring (bicyclic) bond motifs is 1. The molecule has 2 aromatic rings. The van der Waals surface area contributed by atoms with Crippen LogP contribution in [0.3, 0.4) is 0 Å². The van der Waals surface area contributed by atoms with Gasteiger partial charge in [0.2, 0.25) is 0 Å². The molecule has 0 saturated heterocycles. The maximum atomic E-state index is 4.14. The molecule has 15 heavy (non-hydrogen) atoms. The van der Waals surface area contributed by atoms with Crippen molar-refractivity contribution >= 4 is 17.4 Å². The molecule has 0 atom stereocenters. The minimum Gasteiger partial charge on any atom is -0.316 e. The maximum absolute atomic E-state index is 4.14. The molecule has 80 valence electrons. The first kappa shape index (κ1) is 10.4. The van der Waals surface area contributed by atoms with Crippen LogP contribution >= 0.6 is 11.8 Å². The Morgan fingerprint density at radius 3 is 3.20 bits per heavy atom. The summed E-state index contributed by atoms with van der Waals surface area (Å²) < 4.78 is 2.01. The first-order valence-corrected chi connectivity index (χ1v) is 6.03. The molecular weight excluding hydrogens is 208 g/mol. The summed E-state index contributed by atoms with van der Waals surface area (Å²) in [5, 5.41) is 12.5. The molecule has 0 aliphatic heterocycles. The molecule has 0 unspecified atom stereocenters. The number of thioether (sulfide) groups is 1. The zero-order valence-electron chi connectivity index (χ0n) is 8.68. The Hall–Kier alpha value is -1.07. The van der Waals surface area contributed by atoms with Crippen LogP contribution in [0.4, 0.5) is 0 Å². The molecule has 0 fully saturated rings. The van der Waals surface area contributed by atoms with Gasteiger partial charge in [-0.2, -0.15) is 0 Å². The summed E-state index contributed by atoms with van der Waals surface area (Å²) in [6, 6.07) is 5.92. The molecule has 1 N–H and O–H groups in total. The average molecular weight is 222 g/mol. The molecule has 0 aliphatic carbocycles. The number of nitrogens with one attached hydrogen (secondary N) is 1. The zero-order valence-corrected chi connectivity index (χ0v) is 9.50. The van der Waals surface area contributed by atoms with E-state index in [2.05, 4.69) is 22.4 Å². The van der Waals surface area contributed by atoms with Crippen LogP contribution in [-0.2, 0) is 0 Å². The second-order valence-corrected chi connectivity index (χ2v) is 4.18. The first-order valence-electron chi connectivity index (χ1n) is 5.05. The number of hydrogen-bond acceptors (Lipinski definition) is 4. The lowest BCUT2D eigenvalue weighted by Gasteiger charge is -2.00. The number of hydrogen-bond donors (Lipinski definition) is 1. The van der Waals surface area contributed by atoms with E-state index in [9.17, 15) is 0 Å². The predicted octanol–water partition coefficient (Wildman–Crippen LogP) is 1.43. The Morgan fingerprint density at radius 2 is 2.33 bits per heavy atom. The van der Waals surface area contributed by atoms with Gasteiger partial charge in [-0.1, -0.05) is 24.8 Å². The van der Waals surface area contributed by atoms with Gasteiger partial charge in [0.25, 0.3) is 0 Å². The van der Waals surface area contributed by atoms with Gasteiger partial charge in [-0.25, -0.2) is 0 Å². The predicted molar refractivity (Wildman–Crippen MR) is 62.3 cm³/mol. The van der Waals surface area contributed by atoms with Crippen LogP contribution in [0.1, 0.15) is 6.92 Å². The average Bonchev–Trinajstić information content (AvgIpc) is 2.68. The van der Waals surface area contributed by atoms with Crippen LogP contribution in [0.25, 0.3) is 5.65 Å². The third-order valence-corrected chi connectivity index (χ3v) is 2.99. The Labute approximate surface area is 93.1 Å². The van der Waals surface area contributed by atoms with Crippen molar-refractivity contribution in [2.45, 2.75) is 12.1 Å². The highest BCUT2D eigenvalue weighted by atomic mass is 32.2. The molecule has 4 nitrogen and oxygen atoms in total. The quantitative estimate of drug-likeness (QED) is 0.614. The van der Waals surface area contributed by atoms with E-state index in [4.69, 9.17) is 0 Å².